The minimum Gasteiger partial charge on any atom is -0.366 e. The molecule has 0 unspecified atom stereocenters. The molecule has 0 aliphatic carbocycles. The number of nitrogens with zero attached hydrogens (tertiary/aromatic N) is 3. The van der Waals surface area contributed by atoms with Crippen LogP contribution < -0.4 is 15.5 Å². The monoisotopic (exact) mass is 485 g/mol. The molecule has 2 N–H and O–H groups in total. The van der Waals surface area contributed by atoms with E-state index in [0.29, 0.717) is 50.5 Å². The molecule has 2 heterocycles. The summed E-state index contributed by atoms with van der Waals surface area (Å²) in [7, 11) is 0. The molecule has 4 rings (SSSR count). The quantitative estimate of drug-likeness (QED) is 0.695. The van der Waals surface area contributed by atoms with Crippen molar-refractivity contribution in [2.24, 2.45) is 0 Å². The summed E-state index contributed by atoms with van der Waals surface area (Å²) in [5.74, 6) is -2.35. The van der Waals surface area contributed by atoms with Crippen molar-refractivity contribution in [2.45, 2.75) is 13.3 Å². The van der Waals surface area contributed by atoms with E-state index in [2.05, 4.69) is 10.6 Å². The van der Waals surface area contributed by atoms with Crippen molar-refractivity contribution in [3.05, 3.63) is 59.2 Å². The number of carbonyl (C=O) groups is 3. The molecule has 0 aromatic heterocycles. The number of anilines is 2. The van der Waals surface area contributed by atoms with E-state index in [0.717, 1.165) is 43.4 Å². The van der Waals surface area contributed by atoms with E-state index in [9.17, 15) is 23.2 Å². The Morgan fingerprint density at radius 3 is 2.14 bits per heavy atom. The van der Waals surface area contributed by atoms with Gasteiger partial charge < -0.3 is 25.3 Å². The number of halogens is 2. The smallest absolute Gasteiger partial charge is 0.254 e. The molecule has 0 bridgehead atoms. The number of hydrogen-bond donors (Lipinski definition) is 2. The maximum atomic E-state index is 13.5. The van der Waals surface area contributed by atoms with E-state index in [1.807, 2.05) is 15.9 Å². The van der Waals surface area contributed by atoms with E-state index in [1.165, 1.54) is 6.92 Å². The first-order valence-electron chi connectivity index (χ1n) is 11.7. The van der Waals surface area contributed by atoms with Crippen LogP contribution in [0.5, 0.6) is 0 Å². The largest absolute Gasteiger partial charge is 0.366 e. The lowest BCUT2D eigenvalue weighted by Gasteiger charge is -2.37. The number of nitrogens with one attached hydrogen (secondary N) is 2. The van der Waals surface area contributed by atoms with Gasteiger partial charge in [-0.05, 0) is 43.3 Å². The fourth-order valence-corrected chi connectivity index (χ4v) is 4.48. The number of benzene rings is 2. The van der Waals surface area contributed by atoms with Gasteiger partial charge in [0.15, 0.2) is 0 Å². The first kappa shape index (κ1) is 24.6. The second kappa shape index (κ2) is 10.8. The Morgan fingerprint density at radius 1 is 0.800 bits per heavy atom. The first-order valence-corrected chi connectivity index (χ1v) is 11.7. The predicted octanol–water partition coefficient (Wildman–Crippen LogP) is 2.32. The Labute approximate surface area is 202 Å². The predicted molar refractivity (Wildman–Crippen MR) is 129 cm³/mol. The van der Waals surface area contributed by atoms with Crippen LogP contribution in [0.4, 0.5) is 20.2 Å². The van der Waals surface area contributed by atoms with Crippen LogP contribution in [0.1, 0.15) is 34.1 Å². The first-order chi connectivity index (χ1) is 16.8. The van der Waals surface area contributed by atoms with Crippen LogP contribution in [0.25, 0.3) is 0 Å². The average Bonchev–Trinajstić information content (AvgIpc) is 3.12. The Balaban J connectivity index is 1.48. The molecule has 0 spiro atoms. The highest BCUT2D eigenvalue weighted by Gasteiger charge is 2.26. The van der Waals surface area contributed by atoms with Crippen LogP contribution >= 0.6 is 0 Å². The SMILES string of the molecule is CC(=O)Nc1cc(C(=O)N2CCCNCC2)ccc1N1CCN(C(=O)c2cc(F)cc(F)c2)CC1. The van der Waals surface area contributed by atoms with E-state index in [1.54, 1.807) is 17.0 Å². The molecule has 0 radical (unpaired) electrons. The molecule has 2 fully saturated rings. The summed E-state index contributed by atoms with van der Waals surface area (Å²) < 4.78 is 27.1. The number of hydrogen-bond acceptors (Lipinski definition) is 5. The van der Waals surface area contributed by atoms with E-state index < -0.39 is 17.5 Å². The van der Waals surface area contributed by atoms with Crippen molar-refractivity contribution in [1.29, 1.82) is 0 Å². The summed E-state index contributed by atoms with van der Waals surface area (Å²) in [5, 5.41) is 6.10. The van der Waals surface area contributed by atoms with Crippen LogP contribution in [0.2, 0.25) is 0 Å². The zero-order chi connectivity index (χ0) is 24.9. The lowest BCUT2D eigenvalue weighted by molar-refractivity contribution is -0.114. The number of rotatable bonds is 4. The van der Waals surface area contributed by atoms with Gasteiger partial charge in [-0.2, -0.15) is 0 Å². The number of piperazine rings is 1. The molecule has 2 aliphatic heterocycles. The highest BCUT2D eigenvalue weighted by molar-refractivity contribution is 5.99. The third kappa shape index (κ3) is 5.94. The van der Waals surface area contributed by atoms with Crippen molar-refractivity contribution in [2.75, 3.05) is 62.6 Å². The maximum Gasteiger partial charge on any atom is 0.254 e. The molecule has 3 amide bonds. The van der Waals surface area contributed by atoms with Crippen molar-refractivity contribution < 1.29 is 23.2 Å². The second-order valence-electron chi connectivity index (χ2n) is 8.75. The van der Waals surface area contributed by atoms with E-state index in [4.69, 9.17) is 0 Å². The van der Waals surface area contributed by atoms with Gasteiger partial charge in [-0.1, -0.05) is 0 Å². The van der Waals surface area contributed by atoms with Crippen molar-refractivity contribution in [1.82, 2.24) is 15.1 Å². The zero-order valence-electron chi connectivity index (χ0n) is 19.7. The minimum atomic E-state index is -0.794. The molecule has 10 heteroatoms. The van der Waals surface area contributed by atoms with E-state index in [-0.39, 0.29) is 17.4 Å². The lowest BCUT2D eigenvalue weighted by atomic mass is 10.1. The fraction of sp³-hybridized carbons (Fsp3) is 0.400. The van der Waals surface area contributed by atoms with Crippen molar-refractivity contribution >= 4 is 29.1 Å². The summed E-state index contributed by atoms with van der Waals surface area (Å²) in [6.07, 6.45) is 0.883. The van der Waals surface area contributed by atoms with Gasteiger partial charge in [0.05, 0.1) is 11.4 Å². The normalized spacial score (nSPS) is 16.6. The molecule has 0 atom stereocenters. The Hall–Kier alpha value is -3.53. The topological polar surface area (TPSA) is 85.0 Å². The molecular weight excluding hydrogens is 456 g/mol. The third-order valence-corrected chi connectivity index (χ3v) is 6.20. The molecule has 35 heavy (non-hydrogen) atoms. The molecule has 2 aromatic rings. The highest BCUT2D eigenvalue weighted by Crippen LogP contribution is 2.29. The molecule has 2 aliphatic rings. The summed E-state index contributed by atoms with van der Waals surface area (Å²) in [5.41, 5.74) is 1.75. The van der Waals surface area contributed by atoms with Crippen LogP contribution in [0.3, 0.4) is 0 Å². The standard InChI is InChI=1S/C25H29F2N5O3/c1-17(33)29-22-15-18(24(34)31-7-2-5-28-6-8-31)3-4-23(22)30-9-11-32(12-10-30)25(35)19-13-20(26)16-21(27)14-19/h3-4,13-16,28H,2,5-12H2,1H3,(H,29,33). The van der Waals surface area contributed by atoms with Gasteiger partial charge in [0.2, 0.25) is 5.91 Å². The summed E-state index contributed by atoms with van der Waals surface area (Å²) in [6, 6.07) is 8.06. The van der Waals surface area contributed by atoms with Gasteiger partial charge >= 0.3 is 0 Å². The molecule has 186 valence electrons. The molecule has 8 nitrogen and oxygen atoms in total. The lowest BCUT2D eigenvalue weighted by Crippen LogP contribution is -2.49. The minimum absolute atomic E-state index is 0.0264. The summed E-state index contributed by atoms with van der Waals surface area (Å²) in [4.78, 5) is 43.0. The van der Waals surface area contributed by atoms with Crippen LogP contribution in [0, 0.1) is 11.6 Å². The summed E-state index contributed by atoms with van der Waals surface area (Å²) in [6.45, 7) is 5.94. The molecular formula is C25H29F2N5O3. The Bertz CT molecular complexity index is 1090. The van der Waals surface area contributed by atoms with Gasteiger partial charge in [-0.3, -0.25) is 14.4 Å². The van der Waals surface area contributed by atoms with E-state index >= 15 is 0 Å². The second-order valence-corrected chi connectivity index (χ2v) is 8.75. The molecule has 2 aromatic carbocycles. The van der Waals surface area contributed by atoms with Crippen LogP contribution in [0.15, 0.2) is 36.4 Å². The molecule has 0 saturated carbocycles. The van der Waals surface area contributed by atoms with Gasteiger partial charge in [-0.15, -0.1) is 0 Å². The van der Waals surface area contributed by atoms with Gasteiger partial charge in [0.25, 0.3) is 11.8 Å². The van der Waals surface area contributed by atoms with Gasteiger partial charge in [0, 0.05) is 69.9 Å². The van der Waals surface area contributed by atoms with Crippen molar-refractivity contribution in [3.63, 3.8) is 0 Å². The van der Waals surface area contributed by atoms with Crippen LogP contribution in [-0.4, -0.2) is 79.9 Å². The zero-order valence-corrected chi connectivity index (χ0v) is 19.7. The Morgan fingerprint density at radius 2 is 1.46 bits per heavy atom. The molecule has 2 saturated heterocycles. The summed E-state index contributed by atoms with van der Waals surface area (Å²) >= 11 is 0. The van der Waals surface area contributed by atoms with Gasteiger partial charge in [-0.25, -0.2) is 8.78 Å². The number of amides is 3. The van der Waals surface area contributed by atoms with Crippen LogP contribution in [-0.2, 0) is 4.79 Å². The average molecular weight is 486 g/mol. The van der Waals surface area contributed by atoms with Gasteiger partial charge in [0.1, 0.15) is 11.6 Å². The Kier molecular flexibility index (Phi) is 7.60. The third-order valence-electron chi connectivity index (χ3n) is 6.20. The fourth-order valence-electron chi connectivity index (χ4n) is 4.48. The highest BCUT2D eigenvalue weighted by atomic mass is 19.1. The maximum absolute atomic E-state index is 13.5. The number of carbonyl (C=O) groups excluding carboxylic acids is 3. The van der Waals surface area contributed by atoms with Crippen molar-refractivity contribution in [3.8, 4) is 0 Å².